The van der Waals surface area contributed by atoms with E-state index in [1.807, 2.05) is 72.8 Å². The third-order valence-corrected chi connectivity index (χ3v) is 7.27. The van der Waals surface area contributed by atoms with Crippen molar-refractivity contribution in [2.75, 3.05) is 23.4 Å². The van der Waals surface area contributed by atoms with Crippen LogP contribution in [0.2, 0.25) is 0 Å². The number of ether oxygens (including phenoxy) is 1. The molecule has 1 fully saturated rings. The third kappa shape index (κ3) is 5.03. The van der Waals surface area contributed by atoms with E-state index in [2.05, 4.69) is 5.32 Å². The second kappa shape index (κ2) is 10.4. The Morgan fingerprint density at radius 2 is 1.50 bits per heavy atom. The predicted molar refractivity (Wildman–Crippen MR) is 141 cm³/mol. The van der Waals surface area contributed by atoms with Gasteiger partial charge in [-0.2, -0.15) is 0 Å². The first-order chi connectivity index (χ1) is 17.5. The molecule has 36 heavy (non-hydrogen) atoms. The largest absolute Gasteiger partial charge is 0.490 e. The van der Waals surface area contributed by atoms with Gasteiger partial charge in [-0.15, -0.1) is 0 Å². The molecule has 1 N–H and O–H groups in total. The van der Waals surface area contributed by atoms with Crippen LogP contribution >= 0.6 is 0 Å². The summed E-state index contributed by atoms with van der Waals surface area (Å²) in [4.78, 5) is 39.2. The normalized spacial score (nSPS) is 19.1. The molecule has 6 nitrogen and oxygen atoms in total. The zero-order valence-electron chi connectivity index (χ0n) is 20.4. The molecule has 1 aliphatic carbocycles. The van der Waals surface area contributed by atoms with Gasteiger partial charge in [-0.05, 0) is 68.0 Å². The van der Waals surface area contributed by atoms with Crippen LogP contribution in [0.1, 0.15) is 43.0 Å². The van der Waals surface area contributed by atoms with E-state index in [4.69, 9.17) is 4.74 Å². The highest BCUT2D eigenvalue weighted by Crippen LogP contribution is 2.37. The number of hydrogen-bond donors (Lipinski definition) is 1. The van der Waals surface area contributed by atoms with Gasteiger partial charge in [-0.1, -0.05) is 48.5 Å². The number of benzene rings is 3. The van der Waals surface area contributed by atoms with Gasteiger partial charge in [0.1, 0.15) is 18.1 Å². The molecule has 0 unspecified atom stereocenters. The van der Waals surface area contributed by atoms with Crippen molar-refractivity contribution in [2.45, 2.75) is 32.6 Å². The zero-order valence-corrected chi connectivity index (χ0v) is 20.4. The number of nitrogens with zero attached hydrogens (tertiary/aromatic N) is 1. The van der Waals surface area contributed by atoms with Gasteiger partial charge in [0.15, 0.2) is 5.78 Å². The van der Waals surface area contributed by atoms with Crippen LogP contribution in [0.15, 0.2) is 72.8 Å². The molecule has 0 bridgehead atoms. The summed E-state index contributed by atoms with van der Waals surface area (Å²) in [6.07, 6.45) is 3.17. The Morgan fingerprint density at radius 3 is 2.19 bits per heavy atom. The highest BCUT2D eigenvalue weighted by atomic mass is 16.5. The topological polar surface area (TPSA) is 75.7 Å². The van der Waals surface area contributed by atoms with Crippen molar-refractivity contribution in [2.24, 2.45) is 11.8 Å². The lowest BCUT2D eigenvalue weighted by molar-refractivity contribution is -0.121. The molecular weight excluding hydrogens is 452 g/mol. The summed E-state index contributed by atoms with van der Waals surface area (Å²) in [5.41, 5.74) is 4.12. The zero-order chi connectivity index (χ0) is 25.1. The average molecular weight is 483 g/mol. The fourth-order valence-electron chi connectivity index (χ4n) is 5.15. The van der Waals surface area contributed by atoms with E-state index < -0.39 is 0 Å². The first-order valence-electron chi connectivity index (χ1n) is 12.5. The molecule has 2 amide bonds. The Hall–Kier alpha value is -3.93. The monoisotopic (exact) mass is 482 g/mol. The standard InChI is InChI=1S/C30H30N2O4/c1-20(33)21-7-11-23(12-8-21)29(34)24-13-9-22(10-14-24)25-15-16-27-28(19-25)36-18-17-32(27)30(35)31-26-5-3-2-4-6-26/h2-6,9-10,13-16,19,21,23H,7-8,11-12,17-18H2,1H3,(H,31,35)/t21-,23+. The van der Waals surface area contributed by atoms with E-state index in [1.165, 1.54) is 0 Å². The number of rotatable bonds is 5. The number of carbonyl (C=O) groups excluding carboxylic acids is 3. The number of amides is 2. The van der Waals surface area contributed by atoms with Crippen molar-refractivity contribution in [3.63, 3.8) is 0 Å². The van der Waals surface area contributed by atoms with E-state index >= 15 is 0 Å². The van der Waals surface area contributed by atoms with Crippen molar-refractivity contribution in [3.05, 3.63) is 78.4 Å². The number of nitrogens with one attached hydrogen (secondary N) is 1. The third-order valence-electron chi connectivity index (χ3n) is 7.27. The summed E-state index contributed by atoms with van der Waals surface area (Å²) >= 11 is 0. The molecule has 1 saturated carbocycles. The lowest BCUT2D eigenvalue weighted by atomic mass is 9.77. The second-order valence-electron chi connectivity index (χ2n) is 9.58. The van der Waals surface area contributed by atoms with Gasteiger partial charge in [0, 0.05) is 23.1 Å². The Kier molecular flexibility index (Phi) is 6.85. The summed E-state index contributed by atoms with van der Waals surface area (Å²) in [5.74, 6) is 1.17. The predicted octanol–water partition coefficient (Wildman–Crippen LogP) is 6.36. The quantitative estimate of drug-likeness (QED) is 0.429. The maximum atomic E-state index is 13.0. The van der Waals surface area contributed by atoms with Crippen LogP contribution in [0.4, 0.5) is 16.2 Å². The molecule has 3 aromatic carbocycles. The van der Waals surface area contributed by atoms with Gasteiger partial charge in [0.2, 0.25) is 0 Å². The van der Waals surface area contributed by atoms with Crippen molar-refractivity contribution < 1.29 is 19.1 Å². The molecule has 1 aliphatic heterocycles. The van der Waals surface area contributed by atoms with Gasteiger partial charge in [-0.3, -0.25) is 14.5 Å². The number of ketones is 2. The molecular formula is C30H30N2O4. The molecule has 0 radical (unpaired) electrons. The fourth-order valence-corrected chi connectivity index (χ4v) is 5.15. The molecule has 6 heteroatoms. The van der Waals surface area contributed by atoms with E-state index in [-0.39, 0.29) is 29.4 Å². The maximum absolute atomic E-state index is 13.0. The van der Waals surface area contributed by atoms with E-state index in [0.29, 0.717) is 24.5 Å². The summed E-state index contributed by atoms with van der Waals surface area (Å²) in [7, 11) is 0. The summed E-state index contributed by atoms with van der Waals surface area (Å²) in [6, 6.07) is 22.7. The van der Waals surface area contributed by atoms with E-state index in [9.17, 15) is 14.4 Å². The van der Waals surface area contributed by atoms with Crippen LogP contribution in [-0.2, 0) is 4.79 Å². The number of fused-ring (bicyclic) bond motifs is 1. The molecule has 2 aliphatic rings. The van der Waals surface area contributed by atoms with Gasteiger partial charge in [0.05, 0.1) is 12.2 Å². The van der Waals surface area contributed by atoms with E-state index in [0.717, 1.165) is 48.2 Å². The lowest BCUT2D eigenvalue weighted by Gasteiger charge is -2.30. The fraction of sp³-hybridized carbons (Fsp3) is 0.300. The lowest BCUT2D eigenvalue weighted by Crippen LogP contribution is -2.40. The van der Waals surface area contributed by atoms with Gasteiger partial charge in [0.25, 0.3) is 0 Å². The number of urea groups is 1. The Balaban J connectivity index is 1.28. The minimum absolute atomic E-state index is 0.00314. The van der Waals surface area contributed by atoms with Crippen LogP contribution in [0, 0.1) is 11.8 Å². The molecule has 0 aromatic heterocycles. The first-order valence-corrected chi connectivity index (χ1v) is 12.5. The summed E-state index contributed by atoms with van der Waals surface area (Å²) in [6.45, 7) is 2.53. The molecule has 0 saturated heterocycles. The molecule has 1 heterocycles. The molecule has 184 valence electrons. The maximum Gasteiger partial charge on any atom is 0.326 e. The SMILES string of the molecule is CC(=O)[C@H]1CC[C@@H](C(=O)c2ccc(-c3ccc4c(c3)OCCN4C(=O)Nc3ccccc3)cc2)CC1. The Morgan fingerprint density at radius 1 is 0.833 bits per heavy atom. The van der Waals surface area contributed by atoms with Gasteiger partial charge >= 0.3 is 6.03 Å². The summed E-state index contributed by atoms with van der Waals surface area (Å²) in [5, 5.41) is 2.93. The average Bonchev–Trinajstić information content (AvgIpc) is 2.92. The van der Waals surface area contributed by atoms with Crippen molar-refractivity contribution in [1.82, 2.24) is 0 Å². The van der Waals surface area contributed by atoms with Crippen molar-refractivity contribution in [1.29, 1.82) is 0 Å². The smallest absolute Gasteiger partial charge is 0.326 e. The van der Waals surface area contributed by atoms with Crippen LogP contribution in [0.25, 0.3) is 11.1 Å². The molecule has 3 aromatic rings. The van der Waals surface area contributed by atoms with Crippen molar-refractivity contribution >= 4 is 29.0 Å². The number of anilines is 2. The van der Waals surface area contributed by atoms with Crippen LogP contribution in [0.5, 0.6) is 5.75 Å². The molecule has 0 spiro atoms. The minimum atomic E-state index is -0.196. The van der Waals surface area contributed by atoms with Crippen LogP contribution < -0.4 is 15.0 Å². The van der Waals surface area contributed by atoms with Crippen LogP contribution in [-0.4, -0.2) is 30.7 Å². The van der Waals surface area contributed by atoms with Crippen molar-refractivity contribution in [3.8, 4) is 16.9 Å². The number of Topliss-reactive ketones (excluding diaryl/α,β-unsaturated/α-hetero) is 2. The van der Waals surface area contributed by atoms with E-state index in [1.54, 1.807) is 11.8 Å². The second-order valence-corrected chi connectivity index (χ2v) is 9.58. The molecule has 0 atom stereocenters. The molecule has 5 rings (SSSR count). The van der Waals surface area contributed by atoms with Gasteiger partial charge < -0.3 is 10.1 Å². The van der Waals surface area contributed by atoms with Gasteiger partial charge in [-0.25, -0.2) is 4.79 Å². The number of hydrogen-bond acceptors (Lipinski definition) is 4. The Labute approximate surface area is 211 Å². The first kappa shape index (κ1) is 23.8. The highest BCUT2D eigenvalue weighted by Gasteiger charge is 2.29. The minimum Gasteiger partial charge on any atom is -0.490 e. The Bertz CT molecular complexity index is 1260. The number of carbonyl (C=O) groups is 3. The van der Waals surface area contributed by atoms with Crippen LogP contribution in [0.3, 0.4) is 0 Å². The number of para-hydroxylation sites is 1. The summed E-state index contributed by atoms with van der Waals surface area (Å²) < 4.78 is 5.88. The highest BCUT2D eigenvalue weighted by molar-refractivity contribution is 6.03.